The number of carbonyl (C=O) groups is 1. The molecule has 0 fully saturated rings. The van der Waals surface area contributed by atoms with Gasteiger partial charge in [-0.3, -0.25) is 4.79 Å². The van der Waals surface area contributed by atoms with Crippen LogP contribution >= 0.6 is 15.9 Å². The highest BCUT2D eigenvalue weighted by atomic mass is 79.9. The largest absolute Gasteiger partial charge is 0.416 e. The molecule has 0 radical (unpaired) electrons. The highest BCUT2D eigenvalue weighted by Crippen LogP contribution is 2.29. The zero-order chi connectivity index (χ0) is 14.8. The molecule has 0 saturated carbocycles. The normalized spacial score (nSPS) is 11.2. The number of aromatic nitrogens is 1. The average Bonchev–Trinajstić information content (AvgIpc) is 2.40. The lowest BCUT2D eigenvalue weighted by Gasteiger charge is -2.09. The third-order valence-electron chi connectivity index (χ3n) is 2.48. The zero-order valence-electron chi connectivity index (χ0n) is 9.91. The average molecular weight is 345 g/mol. The van der Waals surface area contributed by atoms with Gasteiger partial charge in [0.2, 0.25) is 0 Å². The van der Waals surface area contributed by atoms with Gasteiger partial charge in [-0.1, -0.05) is 0 Å². The number of anilines is 1. The van der Waals surface area contributed by atoms with E-state index in [1.54, 1.807) is 12.1 Å². The van der Waals surface area contributed by atoms with E-state index in [0.29, 0.717) is 10.3 Å². The van der Waals surface area contributed by atoms with Crippen LogP contribution in [0.5, 0.6) is 0 Å². The first-order valence-corrected chi connectivity index (χ1v) is 6.26. The summed E-state index contributed by atoms with van der Waals surface area (Å²) >= 11 is 3.16. The minimum Gasteiger partial charge on any atom is -0.320 e. The number of hydrogen-bond acceptors (Lipinski definition) is 2. The second-order valence-electron chi connectivity index (χ2n) is 3.87. The second-order valence-corrected chi connectivity index (χ2v) is 4.62. The molecule has 1 aromatic heterocycles. The molecule has 0 spiro atoms. The van der Waals surface area contributed by atoms with E-state index in [1.807, 2.05) is 0 Å². The number of carbonyl (C=O) groups excluding carboxylic acids is 1. The van der Waals surface area contributed by atoms with Crippen LogP contribution < -0.4 is 5.32 Å². The van der Waals surface area contributed by atoms with E-state index in [9.17, 15) is 18.0 Å². The zero-order valence-corrected chi connectivity index (χ0v) is 11.5. The van der Waals surface area contributed by atoms with Crippen LogP contribution in [0.2, 0.25) is 0 Å². The minimum absolute atomic E-state index is 0.133. The van der Waals surface area contributed by atoms with E-state index in [-0.39, 0.29) is 5.56 Å². The third kappa shape index (κ3) is 3.36. The van der Waals surface area contributed by atoms with Gasteiger partial charge in [-0.05, 0) is 52.3 Å². The summed E-state index contributed by atoms with van der Waals surface area (Å²) in [5.74, 6) is -0.507. The van der Waals surface area contributed by atoms with Crippen LogP contribution in [0.3, 0.4) is 0 Å². The van der Waals surface area contributed by atoms with Gasteiger partial charge in [0.05, 0.1) is 11.3 Å². The number of amides is 1. The van der Waals surface area contributed by atoms with E-state index in [1.165, 1.54) is 6.20 Å². The Labute approximate surface area is 121 Å². The molecule has 7 heteroatoms. The first-order chi connectivity index (χ1) is 9.38. The van der Waals surface area contributed by atoms with E-state index in [0.717, 1.165) is 24.3 Å². The summed E-state index contributed by atoms with van der Waals surface area (Å²) in [6.45, 7) is 0. The topological polar surface area (TPSA) is 42.0 Å². The molecule has 1 N–H and O–H groups in total. The first-order valence-electron chi connectivity index (χ1n) is 5.47. The quantitative estimate of drug-likeness (QED) is 0.833. The maximum atomic E-state index is 12.4. The van der Waals surface area contributed by atoms with Gasteiger partial charge >= 0.3 is 6.18 Å². The summed E-state index contributed by atoms with van der Waals surface area (Å²) < 4.78 is 37.7. The Morgan fingerprint density at radius 2 is 1.80 bits per heavy atom. The molecule has 20 heavy (non-hydrogen) atoms. The molecule has 1 amide bonds. The fourth-order valence-electron chi connectivity index (χ4n) is 1.48. The molecule has 0 bridgehead atoms. The maximum Gasteiger partial charge on any atom is 0.416 e. The Bertz CT molecular complexity index is 626. The van der Waals surface area contributed by atoms with Crippen LogP contribution in [0.4, 0.5) is 18.9 Å². The molecule has 1 aromatic carbocycles. The van der Waals surface area contributed by atoms with E-state index < -0.39 is 17.6 Å². The van der Waals surface area contributed by atoms with Gasteiger partial charge in [-0.25, -0.2) is 4.98 Å². The van der Waals surface area contributed by atoms with Crippen LogP contribution in [0.15, 0.2) is 47.2 Å². The van der Waals surface area contributed by atoms with Crippen molar-refractivity contribution < 1.29 is 18.0 Å². The Hall–Kier alpha value is -1.89. The Balaban J connectivity index is 2.16. The SMILES string of the molecule is O=C(Nc1cccnc1Br)c1ccc(C(F)(F)F)cc1. The minimum atomic E-state index is -4.42. The van der Waals surface area contributed by atoms with Crippen molar-refractivity contribution in [1.82, 2.24) is 4.98 Å². The number of nitrogens with one attached hydrogen (secondary N) is 1. The molecule has 1 heterocycles. The fraction of sp³-hybridized carbons (Fsp3) is 0.0769. The number of nitrogens with zero attached hydrogens (tertiary/aromatic N) is 1. The van der Waals surface area contributed by atoms with Gasteiger partial charge in [0, 0.05) is 11.8 Å². The Morgan fingerprint density at radius 1 is 1.15 bits per heavy atom. The first kappa shape index (κ1) is 14.5. The van der Waals surface area contributed by atoms with Gasteiger partial charge in [-0.15, -0.1) is 0 Å². The van der Waals surface area contributed by atoms with Crippen LogP contribution in [-0.4, -0.2) is 10.9 Å². The molecule has 104 valence electrons. The van der Waals surface area contributed by atoms with Crippen LogP contribution in [0, 0.1) is 0 Å². The lowest BCUT2D eigenvalue weighted by Crippen LogP contribution is -2.13. The van der Waals surface area contributed by atoms with Crippen LogP contribution in [-0.2, 0) is 6.18 Å². The maximum absolute atomic E-state index is 12.4. The van der Waals surface area contributed by atoms with E-state index >= 15 is 0 Å². The molecular formula is C13H8BrF3N2O. The summed E-state index contributed by atoms with van der Waals surface area (Å²) in [6.07, 6.45) is -2.88. The van der Waals surface area contributed by atoms with Crippen molar-refractivity contribution in [2.24, 2.45) is 0 Å². The molecule has 0 aliphatic rings. The summed E-state index contributed by atoms with van der Waals surface area (Å²) in [7, 11) is 0. The lowest BCUT2D eigenvalue weighted by molar-refractivity contribution is -0.137. The monoisotopic (exact) mass is 344 g/mol. The highest BCUT2D eigenvalue weighted by Gasteiger charge is 2.30. The summed E-state index contributed by atoms with van der Waals surface area (Å²) in [5, 5.41) is 2.56. The Kier molecular flexibility index (Phi) is 4.08. The van der Waals surface area contributed by atoms with Crippen LogP contribution in [0.25, 0.3) is 0 Å². The lowest BCUT2D eigenvalue weighted by atomic mass is 10.1. The van der Waals surface area contributed by atoms with Crippen molar-refractivity contribution >= 4 is 27.5 Å². The molecule has 2 rings (SSSR count). The second kappa shape index (κ2) is 5.62. The molecule has 0 unspecified atom stereocenters. The molecule has 0 saturated heterocycles. The van der Waals surface area contributed by atoms with Crippen molar-refractivity contribution in [3.05, 3.63) is 58.3 Å². The highest BCUT2D eigenvalue weighted by molar-refractivity contribution is 9.10. The number of benzene rings is 1. The van der Waals surface area contributed by atoms with Crippen molar-refractivity contribution in [1.29, 1.82) is 0 Å². The van der Waals surface area contributed by atoms with Crippen molar-refractivity contribution in [3.63, 3.8) is 0 Å². The Morgan fingerprint density at radius 3 is 2.35 bits per heavy atom. The number of rotatable bonds is 2. The molecule has 0 atom stereocenters. The van der Waals surface area contributed by atoms with Crippen LogP contribution in [0.1, 0.15) is 15.9 Å². The smallest absolute Gasteiger partial charge is 0.320 e. The van der Waals surface area contributed by atoms with Crippen molar-refractivity contribution in [2.45, 2.75) is 6.18 Å². The molecule has 2 aromatic rings. The molecule has 0 aliphatic carbocycles. The van der Waals surface area contributed by atoms with E-state index in [4.69, 9.17) is 0 Å². The summed E-state index contributed by atoms with van der Waals surface area (Å²) in [5.41, 5.74) is -0.220. The van der Waals surface area contributed by atoms with Gasteiger partial charge in [0.1, 0.15) is 4.60 Å². The number of alkyl halides is 3. The molecule has 0 aliphatic heterocycles. The summed E-state index contributed by atoms with van der Waals surface area (Å²) in [6, 6.07) is 7.25. The van der Waals surface area contributed by atoms with Gasteiger partial charge < -0.3 is 5.32 Å². The standard InChI is InChI=1S/C13H8BrF3N2O/c14-11-10(2-1-7-18-11)19-12(20)8-3-5-9(6-4-8)13(15,16)17/h1-7H,(H,19,20). The molecule has 3 nitrogen and oxygen atoms in total. The third-order valence-corrected chi connectivity index (χ3v) is 3.11. The predicted molar refractivity (Wildman–Crippen MR) is 71.3 cm³/mol. The van der Waals surface area contributed by atoms with Crippen molar-refractivity contribution in [2.75, 3.05) is 5.32 Å². The predicted octanol–water partition coefficient (Wildman–Crippen LogP) is 4.12. The fourth-order valence-corrected chi connectivity index (χ4v) is 1.83. The van der Waals surface area contributed by atoms with Crippen molar-refractivity contribution in [3.8, 4) is 0 Å². The van der Waals surface area contributed by atoms with Gasteiger partial charge in [0.25, 0.3) is 5.91 Å². The number of halogens is 4. The van der Waals surface area contributed by atoms with Gasteiger partial charge in [-0.2, -0.15) is 13.2 Å². The number of hydrogen-bond donors (Lipinski definition) is 1. The molecular weight excluding hydrogens is 337 g/mol. The van der Waals surface area contributed by atoms with Gasteiger partial charge in [0.15, 0.2) is 0 Å². The van der Waals surface area contributed by atoms with E-state index in [2.05, 4.69) is 26.2 Å². The number of pyridine rings is 1. The summed E-state index contributed by atoms with van der Waals surface area (Å²) in [4.78, 5) is 15.8.